The van der Waals surface area contributed by atoms with Gasteiger partial charge in [-0.1, -0.05) is 34.0 Å². The minimum atomic E-state index is -0.127. The van der Waals surface area contributed by atoms with Crippen LogP contribution >= 0.6 is 0 Å². The molecule has 0 saturated carbocycles. The van der Waals surface area contributed by atoms with E-state index in [2.05, 4.69) is 34.6 Å². The average molecular weight is 182 g/mol. The Hall–Kier alpha value is 0.0249. The van der Waals surface area contributed by atoms with Gasteiger partial charge in [0.1, 0.15) is 0 Å². The zero-order chi connectivity index (χ0) is 10.5. The third-order valence-electron chi connectivity index (χ3n) is 2.04. The number of hydrogen-bond acceptors (Lipinski definition) is 1. The number of ether oxygens (including phenoxy) is 1. The van der Waals surface area contributed by atoms with Gasteiger partial charge >= 0.3 is 0 Å². The molecule has 13 heavy (non-hydrogen) atoms. The largest absolute Gasteiger partial charge is 0.376 e. The fourth-order valence-corrected chi connectivity index (χ4v) is 1.43. The monoisotopic (exact) mass is 182 g/mol. The van der Waals surface area contributed by atoms with Crippen molar-refractivity contribution in [2.45, 2.75) is 53.0 Å². The molecular formula is C11H23BO. The highest BCUT2D eigenvalue weighted by molar-refractivity contribution is 6.09. The van der Waals surface area contributed by atoms with Gasteiger partial charge in [-0.25, -0.2) is 0 Å². The average Bonchev–Trinajstić information content (AvgIpc) is 2.00. The molecule has 0 N–H and O–H groups in total. The molecule has 0 aromatic heterocycles. The van der Waals surface area contributed by atoms with Crippen LogP contribution in [-0.2, 0) is 4.74 Å². The molecule has 0 aliphatic heterocycles. The summed E-state index contributed by atoms with van der Waals surface area (Å²) in [6, 6.07) is 0. The van der Waals surface area contributed by atoms with Gasteiger partial charge in [-0.05, 0) is 25.2 Å². The lowest BCUT2D eigenvalue weighted by atomic mass is 9.82. The van der Waals surface area contributed by atoms with Crippen molar-refractivity contribution < 1.29 is 4.74 Å². The SMILES string of the molecule is [B]CC(C)(CC(C)C)OCC(C)C. The van der Waals surface area contributed by atoms with E-state index in [1.165, 1.54) is 0 Å². The van der Waals surface area contributed by atoms with E-state index in [0.29, 0.717) is 18.2 Å². The van der Waals surface area contributed by atoms with E-state index in [-0.39, 0.29) is 5.60 Å². The first-order valence-corrected chi connectivity index (χ1v) is 5.23. The lowest BCUT2D eigenvalue weighted by Gasteiger charge is -2.31. The van der Waals surface area contributed by atoms with Crippen LogP contribution in [0.1, 0.15) is 41.0 Å². The summed E-state index contributed by atoms with van der Waals surface area (Å²) in [5.41, 5.74) is -0.127. The summed E-state index contributed by atoms with van der Waals surface area (Å²) in [7, 11) is 5.72. The van der Waals surface area contributed by atoms with Crippen molar-refractivity contribution >= 4 is 7.85 Å². The van der Waals surface area contributed by atoms with Gasteiger partial charge in [-0.15, -0.1) is 0 Å². The lowest BCUT2D eigenvalue weighted by molar-refractivity contribution is -0.0426. The summed E-state index contributed by atoms with van der Waals surface area (Å²) in [6.07, 6.45) is 1.65. The molecule has 0 heterocycles. The van der Waals surface area contributed by atoms with Crippen molar-refractivity contribution in [3.8, 4) is 0 Å². The first-order chi connectivity index (χ1) is 5.89. The molecule has 0 aromatic carbocycles. The smallest absolute Gasteiger partial charge is 0.0691 e. The van der Waals surface area contributed by atoms with Gasteiger partial charge in [0.05, 0.1) is 13.4 Å². The first kappa shape index (κ1) is 13.0. The van der Waals surface area contributed by atoms with Crippen molar-refractivity contribution in [1.29, 1.82) is 0 Å². The van der Waals surface area contributed by atoms with Crippen molar-refractivity contribution in [3.05, 3.63) is 0 Å². The first-order valence-electron chi connectivity index (χ1n) is 5.23. The Morgan fingerprint density at radius 3 is 2.00 bits per heavy atom. The van der Waals surface area contributed by atoms with Crippen LogP contribution in [0.4, 0.5) is 0 Å². The molecular weight excluding hydrogens is 159 g/mol. The number of hydrogen-bond donors (Lipinski definition) is 0. The van der Waals surface area contributed by atoms with Gasteiger partial charge in [-0.3, -0.25) is 0 Å². The molecule has 0 spiro atoms. The van der Waals surface area contributed by atoms with Crippen LogP contribution in [-0.4, -0.2) is 20.1 Å². The van der Waals surface area contributed by atoms with Gasteiger partial charge in [0.25, 0.3) is 0 Å². The fourth-order valence-electron chi connectivity index (χ4n) is 1.43. The zero-order valence-corrected chi connectivity index (χ0v) is 9.76. The molecule has 0 bridgehead atoms. The van der Waals surface area contributed by atoms with Gasteiger partial charge in [-0.2, -0.15) is 0 Å². The maximum absolute atomic E-state index is 5.83. The van der Waals surface area contributed by atoms with E-state index >= 15 is 0 Å². The van der Waals surface area contributed by atoms with Crippen molar-refractivity contribution in [1.82, 2.24) is 0 Å². The molecule has 1 nitrogen and oxygen atoms in total. The van der Waals surface area contributed by atoms with E-state index in [1.54, 1.807) is 0 Å². The molecule has 1 unspecified atom stereocenters. The van der Waals surface area contributed by atoms with E-state index < -0.39 is 0 Å². The Labute approximate surface area is 84.7 Å². The zero-order valence-electron chi connectivity index (χ0n) is 9.76. The highest BCUT2D eigenvalue weighted by Crippen LogP contribution is 2.24. The molecule has 0 aromatic rings. The van der Waals surface area contributed by atoms with Crippen LogP contribution in [0, 0.1) is 11.8 Å². The minimum Gasteiger partial charge on any atom is -0.376 e. The van der Waals surface area contributed by atoms with Gasteiger partial charge in [0.15, 0.2) is 0 Å². The summed E-state index contributed by atoms with van der Waals surface area (Å²) >= 11 is 0. The quantitative estimate of drug-likeness (QED) is 0.573. The second-order valence-electron chi connectivity index (χ2n) is 4.96. The van der Waals surface area contributed by atoms with Crippen molar-refractivity contribution in [2.75, 3.05) is 6.61 Å². The molecule has 0 amide bonds. The van der Waals surface area contributed by atoms with Crippen molar-refractivity contribution in [3.63, 3.8) is 0 Å². The van der Waals surface area contributed by atoms with Crippen LogP contribution < -0.4 is 0 Å². The van der Waals surface area contributed by atoms with E-state index in [4.69, 9.17) is 12.6 Å². The summed E-state index contributed by atoms with van der Waals surface area (Å²) in [5, 5.41) is 0. The third kappa shape index (κ3) is 6.14. The second kappa shape index (κ2) is 5.69. The third-order valence-corrected chi connectivity index (χ3v) is 2.04. The second-order valence-corrected chi connectivity index (χ2v) is 4.96. The van der Waals surface area contributed by atoms with Crippen LogP contribution in [0.2, 0.25) is 6.32 Å². The summed E-state index contributed by atoms with van der Waals surface area (Å²) in [4.78, 5) is 0. The van der Waals surface area contributed by atoms with Gasteiger partial charge < -0.3 is 4.74 Å². The molecule has 1 atom stereocenters. The Bertz CT molecular complexity index is 134. The maximum atomic E-state index is 5.83. The Morgan fingerprint density at radius 2 is 1.69 bits per heavy atom. The molecule has 0 aliphatic rings. The fraction of sp³-hybridized carbons (Fsp3) is 1.00. The predicted octanol–water partition coefficient (Wildman–Crippen LogP) is 3.05. The molecule has 76 valence electrons. The van der Waals surface area contributed by atoms with Crippen LogP contribution in [0.15, 0.2) is 0 Å². The van der Waals surface area contributed by atoms with E-state index in [0.717, 1.165) is 13.0 Å². The number of rotatable bonds is 6. The van der Waals surface area contributed by atoms with Gasteiger partial charge in [0, 0.05) is 6.61 Å². The highest BCUT2D eigenvalue weighted by atomic mass is 16.5. The Morgan fingerprint density at radius 1 is 1.15 bits per heavy atom. The molecule has 0 rings (SSSR count). The van der Waals surface area contributed by atoms with Crippen LogP contribution in [0.5, 0.6) is 0 Å². The normalized spacial score (nSPS) is 16.5. The maximum Gasteiger partial charge on any atom is 0.0691 e. The summed E-state index contributed by atoms with van der Waals surface area (Å²) < 4.78 is 5.83. The van der Waals surface area contributed by atoms with E-state index in [1.807, 2.05) is 0 Å². The van der Waals surface area contributed by atoms with Gasteiger partial charge in [0.2, 0.25) is 0 Å². The Kier molecular flexibility index (Phi) is 5.70. The minimum absolute atomic E-state index is 0.127. The Balaban J connectivity index is 3.96. The van der Waals surface area contributed by atoms with Crippen molar-refractivity contribution in [2.24, 2.45) is 11.8 Å². The molecule has 0 fully saturated rings. The molecule has 0 saturated heterocycles. The molecule has 2 radical (unpaired) electrons. The standard InChI is InChI=1S/C11H23BO/c1-9(2)6-11(5,8-12)13-7-10(3)4/h9-10H,6-8H2,1-5H3. The predicted molar refractivity (Wildman–Crippen MR) is 59.2 cm³/mol. The van der Waals surface area contributed by atoms with E-state index in [9.17, 15) is 0 Å². The van der Waals surface area contributed by atoms with Crippen LogP contribution in [0.3, 0.4) is 0 Å². The highest BCUT2D eigenvalue weighted by Gasteiger charge is 2.23. The van der Waals surface area contributed by atoms with Crippen LogP contribution in [0.25, 0.3) is 0 Å². The summed E-state index contributed by atoms with van der Waals surface area (Å²) in [5.74, 6) is 1.22. The topological polar surface area (TPSA) is 9.23 Å². The molecule has 2 heteroatoms. The molecule has 0 aliphatic carbocycles. The lowest BCUT2D eigenvalue weighted by Crippen LogP contribution is -2.31. The summed E-state index contributed by atoms with van der Waals surface area (Å²) in [6.45, 7) is 11.6.